The standard InChI is InChI=1S/C16H12O5/c1-20-11-5-3-2-4-9(11)8-13-16(19)14-12(21-13)7-6-10(17)15(14)18/h2-8,17-18H,1H3/b13-8-. The second-order valence-electron chi connectivity index (χ2n) is 4.49. The summed E-state index contributed by atoms with van der Waals surface area (Å²) < 4.78 is 10.7. The van der Waals surface area contributed by atoms with E-state index in [2.05, 4.69) is 0 Å². The van der Waals surface area contributed by atoms with Gasteiger partial charge in [-0.2, -0.15) is 0 Å². The summed E-state index contributed by atoms with van der Waals surface area (Å²) in [5.74, 6) is -0.425. The van der Waals surface area contributed by atoms with Gasteiger partial charge in [-0.15, -0.1) is 0 Å². The van der Waals surface area contributed by atoms with Gasteiger partial charge in [0.1, 0.15) is 17.1 Å². The SMILES string of the molecule is COc1ccccc1/C=C1\Oc2ccc(O)c(O)c2C1=O. The molecule has 5 heteroatoms. The first-order chi connectivity index (χ1) is 10.1. The summed E-state index contributed by atoms with van der Waals surface area (Å²) in [4.78, 5) is 12.3. The van der Waals surface area contributed by atoms with E-state index in [9.17, 15) is 15.0 Å². The highest BCUT2D eigenvalue weighted by Crippen LogP contribution is 2.42. The lowest BCUT2D eigenvalue weighted by Crippen LogP contribution is -1.99. The molecule has 0 fully saturated rings. The molecule has 0 bridgehead atoms. The van der Waals surface area contributed by atoms with Crippen LogP contribution in [-0.4, -0.2) is 23.1 Å². The molecule has 0 radical (unpaired) electrons. The predicted molar refractivity (Wildman–Crippen MR) is 75.7 cm³/mol. The molecule has 0 unspecified atom stereocenters. The molecule has 0 atom stereocenters. The first-order valence-electron chi connectivity index (χ1n) is 6.24. The smallest absolute Gasteiger partial charge is 0.235 e. The second kappa shape index (κ2) is 4.86. The summed E-state index contributed by atoms with van der Waals surface area (Å²) in [5, 5.41) is 19.2. The average Bonchev–Trinajstić information content (AvgIpc) is 2.81. The number of aromatic hydroxyl groups is 2. The van der Waals surface area contributed by atoms with Crippen molar-refractivity contribution in [3.8, 4) is 23.0 Å². The molecule has 0 amide bonds. The Morgan fingerprint density at radius 3 is 2.67 bits per heavy atom. The van der Waals surface area contributed by atoms with Gasteiger partial charge in [-0.3, -0.25) is 4.79 Å². The number of hydrogen-bond acceptors (Lipinski definition) is 5. The number of carbonyl (C=O) groups excluding carboxylic acids is 1. The van der Waals surface area contributed by atoms with Crippen LogP contribution in [0.1, 0.15) is 15.9 Å². The van der Waals surface area contributed by atoms with E-state index in [0.29, 0.717) is 11.3 Å². The van der Waals surface area contributed by atoms with Crippen molar-refractivity contribution in [1.29, 1.82) is 0 Å². The van der Waals surface area contributed by atoms with Crippen LogP contribution in [0.15, 0.2) is 42.2 Å². The van der Waals surface area contributed by atoms with Gasteiger partial charge in [0.05, 0.1) is 7.11 Å². The third kappa shape index (κ3) is 2.08. The van der Waals surface area contributed by atoms with Crippen molar-refractivity contribution in [2.75, 3.05) is 7.11 Å². The summed E-state index contributed by atoms with van der Waals surface area (Å²) in [6, 6.07) is 9.88. The van der Waals surface area contributed by atoms with Gasteiger partial charge in [0.25, 0.3) is 0 Å². The Morgan fingerprint density at radius 1 is 1.14 bits per heavy atom. The number of para-hydroxylation sites is 1. The maximum atomic E-state index is 12.3. The van der Waals surface area contributed by atoms with Gasteiger partial charge in [-0.1, -0.05) is 18.2 Å². The molecule has 0 saturated carbocycles. The third-order valence-corrected chi connectivity index (χ3v) is 3.21. The summed E-state index contributed by atoms with van der Waals surface area (Å²) in [6.45, 7) is 0. The van der Waals surface area contributed by atoms with Crippen molar-refractivity contribution < 1.29 is 24.5 Å². The van der Waals surface area contributed by atoms with Gasteiger partial charge in [0.2, 0.25) is 5.78 Å². The number of ether oxygens (including phenoxy) is 2. The van der Waals surface area contributed by atoms with E-state index in [1.54, 1.807) is 12.1 Å². The number of fused-ring (bicyclic) bond motifs is 1. The monoisotopic (exact) mass is 284 g/mol. The Bertz CT molecular complexity index is 761. The molecule has 2 aromatic carbocycles. The first-order valence-corrected chi connectivity index (χ1v) is 6.24. The van der Waals surface area contributed by atoms with Gasteiger partial charge in [0, 0.05) is 5.56 Å². The van der Waals surface area contributed by atoms with Crippen molar-refractivity contribution >= 4 is 11.9 Å². The van der Waals surface area contributed by atoms with Crippen LogP contribution in [-0.2, 0) is 0 Å². The van der Waals surface area contributed by atoms with Crippen molar-refractivity contribution in [2.24, 2.45) is 0 Å². The summed E-state index contributed by atoms with van der Waals surface area (Å²) in [7, 11) is 1.54. The van der Waals surface area contributed by atoms with E-state index in [4.69, 9.17) is 9.47 Å². The fourth-order valence-electron chi connectivity index (χ4n) is 2.18. The number of ketones is 1. The minimum atomic E-state index is -0.482. The number of hydrogen-bond donors (Lipinski definition) is 2. The molecular formula is C16H12O5. The summed E-state index contributed by atoms with van der Waals surface area (Å²) in [5.41, 5.74) is 0.649. The van der Waals surface area contributed by atoms with Crippen molar-refractivity contribution in [3.63, 3.8) is 0 Å². The van der Waals surface area contributed by atoms with Crippen LogP contribution < -0.4 is 9.47 Å². The van der Waals surface area contributed by atoms with Crippen LogP contribution in [0.3, 0.4) is 0 Å². The maximum Gasteiger partial charge on any atom is 0.235 e. The Hall–Kier alpha value is -2.95. The van der Waals surface area contributed by atoms with Crippen molar-refractivity contribution in [3.05, 3.63) is 53.3 Å². The fraction of sp³-hybridized carbons (Fsp3) is 0.0625. The number of benzene rings is 2. The molecular weight excluding hydrogens is 272 g/mol. The molecule has 0 spiro atoms. The lowest BCUT2D eigenvalue weighted by atomic mass is 10.1. The normalized spacial score (nSPS) is 14.9. The van der Waals surface area contributed by atoms with Gasteiger partial charge in [0.15, 0.2) is 17.3 Å². The Labute approximate surface area is 120 Å². The molecule has 0 aliphatic carbocycles. The predicted octanol–water partition coefficient (Wildman–Crippen LogP) is 2.72. The number of allylic oxidation sites excluding steroid dienone is 1. The molecule has 0 saturated heterocycles. The molecule has 1 aliphatic rings. The molecule has 5 nitrogen and oxygen atoms in total. The van der Waals surface area contributed by atoms with E-state index in [0.717, 1.165) is 0 Å². The second-order valence-corrected chi connectivity index (χ2v) is 4.49. The van der Waals surface area contributed by atoms with Gasteiger partial charge < -0.3 is 19.7 Å². The fourth-order valence-corrected chi connectivity index (χ4v) is 2.18. The number of phenols is 2. The molecule has 2 N–H and O–H groups in total. The highest BCUT2D eigenvalue weighted by molar-refractivity contribution is 6.16. The average molecular weight is 284 g/mol. The summed E-state index contributed by atoms with van der Waals surface area (Å²) in [6.07, 6.45) is 1.54. The van der Waals surface area contributed by atoms with Crippen LogP contribution in [0, 0.1) is 0 Å². The van der Waals surface area contributed by atoms with Gasteiger partial charge in [-0.05, 0) is 24.3 Å². The largest absolute Gasteiger partial charge is 0.504 e. The topological polar surface area (TPSA) is 76.0 Å². The summed E-state index contributed by atoms with van der Waals surface area (Å²) >= 11 is 0. The molecule has 106 valence electrons. The van der Waals surface area contributed by atoms with Crippen LogP contribution in [0.5, 0.6) is 23.0 Å². The third-order valence-electron chi connectivity index (χ3n) is 3.21. The van der Waals surface area contributed by atoms with E-state index >= 15 is 0 Å². The zero-order valence-corrected chi connectivity index (χ0v) is 11.2. The van der Waals surface area contributed by atoms with Crippen molar-refractivity contribution in [1.82, 2.24) is 0 Å². The number of rotatable bonds is 2. The lowest BCUT2D eigenvalue weighted by molar-refractivity contribution is 0.101. The van der Waals surface area contributed by atoms with E-state index < -0.39 is 11.5 Å². The van der Waals surface area contributed by atoms with E-state index in [1.165, 1.54) is 25.3 Å². The zero-order chi connectivity index (χ0) is 15.0. The molecule has 21 heavy (non-hydrogen) atoms. The lowest BCUT2D eigenvalue weighted by Gasteiger charge is -2.04. The highest BCUT2D eigenvalue weighted by Gasteiger charge is 2.32. The number of methoxy groups -OCH3 is 1. The minimum Gasteiger partial charge on any atom is -0.504 e. The number of Topliss-reactive ketones (excluding diaryl/α,β-unsaturated/α-hetero) is 1. The number of phenolic OH excluding ortho intramolecular Hbond substituents is 2. The zero-order valence-electron chi connectivity index (χ0n) is 11.2. The highest BCUT2D eigenvalue weighted by atomic mass is 16.5. The molecule has 3 rings (SSSR count). The van der Waals surface area contributed by atoms with Crippen LogP contribution in [0.25, 0.3) is 6.08 Å². The molecule has 2 aromatic rings. The van der Waals surface area contributed by atoms with Crippen LogP contribution in [0.4, 0.5) is 0 Å². The van der Waals surface area contributed by atoms with Gasteiger partial charge in [-0.25, -0.2) is 0 Å². The number of carbonyl (C=O) groups is 1. The quantitative estimate of drug-likeness (QED) is 0.655. The first kappa shape index (κ1) is 13.1. The van der Waals surface area contributed by atoms with Crippen LogP contribution >= 0.6 is 0 Å². The van der Waals surface area contributed by atoms with Crippen molar-refractivity contribution in [2.45, 2.75) is 0 Å². The maximum absolute atomic E-state index is 12.3. The Balaban J connectivity index is 2.06. The molecule has 1 aliphatic heterocycles. The van der Waals surface area contributed by atoms with E-state index in [1.807, 2.05) is 12.1 Å². The van der Waals surface area contributed by atoms with Crippen LogP contribution in [0.2, 0.25) is 0 Å². The Kier molecular flexibility index (Phi) is 3.02. The molecule has 0 aromatic heterocycles. The molecule has 1 heterocycles. The Morgan fingerprint density at radius 2 is 1.90 bits per heavy atom. The van der Waals surface area contributed by atoms with Gasteiger partial charge >= 0.3 is 0 Å². The van der Waals surface area contributed by atoms with E-state index in [-0.39, 0.29) is 22.8 Å². The minimum absolute atomic E-state index is 0.0313.